The fourth-order valence-electron chi connectivity index (χ4n) is 2.77. The molecule has 0 saturated heterocycles. The average Bonchev–Trinajstić information content (AvgIpc) is 2.46. The van der Waals surface area contributed by atoms with E-state index in [4.69, 9.17) is 4.74 Å². The van der Waals surface area contributed by atoms with Gasteiger partial charge in [0.15, 0.2) is 6.61 Å². The fourth-order valence-corrected chi connectivity index (χ4v) is 2.77. The predicted octanol–water partition coefficient (Wildman–Crippen LogP) is 3.42. The summed E-state index contributed by atoms with van der Waals surface area (Å²) in [7, 11) is 0. The average molecular weight is 281 g/mol. The largest absolute Gasteiger partial charge is 0.481 e. The van der Waals surface area contributed by atoms with Crippen LogP contribution in [0.4, 0.5) is 5.69 Å². The molecule has 1 N–H and O–H groups in total. The molecule has 0 aliphatic carbocycles. The van der Waals surface area contributed by atoms with Crippen LogP contribution in [0.3, 0.4) is 0 Å². The summed E-state index contributed by atoms with van der Waals surface area (Å²) in [6.45, 7) is 4.27. The molecule has 3 heteroatoms. The Balaban J connectivity index is 1.80. The van der Waals surface area contributed by atoms with Crippen LogP contribution >= 0.6 is 0 Å². The third-order valence-corrected chi connectivity index (χ3v) is 3.90. The van der Waals surface area contributed by atoms with Crippen molar-refractivity contribution in [3.8, 4) is 5.75 Å². The van der Waals surface area contributed by atoms with E-state index >= 15 is 0 Å². The first kappa shape index (κ1) is 13.7. The smallest absolute Gasteiger partial charge is 0.262 e. The Morgan fingerprint density at radius 1 is 1.10 bits per heavy atom. The number of rotatable bonds is 3. The number of nitrogens with one attached hydrogen (secondary N) is 1. The Hall–Kier alpha value is -2.29. The summed E-state index contributed by atoms with van der Waals surface area (Å²) in [6.07, 6.45) is 1.95. The Labute approximate surface area is 124 Å². The molecule has 0 radical (unpaired) electrons. The van der Waals surface area contributed by atoms with Gasteiger partial charge < -0.3 is 10.1 Å². The van der Waals surface area contributed by atoms with Crippen LogP contribution < -0.4 is 10.1 Å². The van der Waals surface area contributed by atoms with Crippen molar-refractivity contribution in [1.82, 2.24) is 0 Å². The first-order valence-corrected chi connectivity index (χ1v) is 7.24. The van der Waals surface area contributed by atoms with Crippen LogP contribution in [0.5, 0.6) is 5.75 Å². The quantitative estimate of drug-likeness (QED) is 0.936. The highest BCUT2D eigenvalue weighted by molar-refractivity contribution is 5.95. The lowest BCUT2D eigenvalue weighted by Crippen LogP contribution is -2.26. The van der Waals surface area contributed by atoms with Gasteiger partial charge in [-0.25, -0.2) is 0 Å². The molecule has 0 unspecified atom stereocenters. The molecule has 0 fully saturated rings. The molecule has 1 heterocycles. The van der Waals surface area contributed by atoms with Crippen LogP contribution in [0.2, 0.25) is 0 Å². The van der Waals surface area contributed by atoms with Crippen molar-refractivity contribution in [2.75, 3.05) is 11.9 Å². The zero-order valence-electron chi connectivity index (χ0n) is 12.4. The number of carbonyl (C=O) groups excluding carboxylic acids is 1. The summed E-state index contributed by atoms with van der Waals surface area (Å²) < 4.78 is 5.49. The van der Waals surface area contributed by atoms with E-state index in [0.29, 0.717) is 0 Å². The van der Waals surface area contributed by atoms with Crippen LogP contribution in [0.15, 0.2) is 36.4 Å². The molecule has 1 aliphatic heterocycles. The van der Waals surface area contributed by atoms with Crippen LogP contribution in [0.1, 0.15) is 22.3 Å². The highest BCUT2D eigenvalue weighted by atomic mass is 16.5. The maximum atomic E-state index is 11.4. The molecular weight excluding hydrogens is 262 g/mol. The van der Waals surface area contributed by atoms with Crippen molar-refractivity contribution < 1.29 is 9.53 Å². The molecule has 21 heavy (non-hydrogen) atoms. The molecule has 3 nitrogen and oxygen atoms in total. The monoisotopic (exact) mass is 281 g/mol. The maximum absolute atomic E-state index is 11.4. The number of anilines is 1. The van der Waals surface area contributed by atoms with Crippen LogP contribution in [-0.2, 0) is 17.6 Å². The van der Waals surface area contributed by atoms with Gasteiger partial charge in [-0.15, -0.1) is 0 Å². The molecule has 0 aromatic heterocycles. The Morgan fingerprint density at radius 2 is 1.90 bits per heavy atom. The molecule has 2 aromatic carbocycles. The van der Waals surface area contributed by atoms with Crippen molar-refractivity contribution in [3.05, 3.63) is 58.7 Å². The molecule has 2 aromatic rings. The summed E-state index contributed by atoms with van der Waals surface area (Å²) in [5.74, 6) is 0.715. The van der Waals surface area contributed by atoms with E-state index in [-0.39, 0.29) is 12.5 Å². The highest BCUT2D eigenvalue weighted by Gasteiger charge is 2.18. The lowest BCUT2D eigenvalue weighted by molar-refractivity contribution is -0.118. The zero-order chi connectivity index (χ0) is 14.8. The molecule has 1 aliphatic rings. The Kier molecular flexibility index (Phi) is 3.65. The van der Waals surface area contributed by atoms with E-state index in [1.54, 1.807) is 0 Å². The molecule has 108 valence electrons. The van der Waals surface area contributed by atoms with Crippen molar-refractivity contribution in [1.29, 1.82) is 0 Å². The van der Waals surface area contributed by atoms with Crippen molar-refractivity contribution in [2.45, 2.75) is 26.7 Å². The SMILES string of the molecule is Cc1ccccc1CCc1cc(C)c2c(c1)NC(=O)CO2. The van der Waals surface area contributed by atoms with Gasteiger partial charge in [0, 0.05) is 0 Å². The van der Waals surface area contributed by atoms with Gasteiger partial charge in [0.2, 0.25) is 0 Å². The standard InChI is InChI=1S/C18H19NO2/c1-12-5-3-4-6-15(12)8-7-14-9-13(2)18-16(10-14)19-17(20)11-21-18/h3-6,9-10H,7-8,11H2,1-2H3,(H,19,20). The second kappa shape index (κ2) is 5.60. The summed E-state index contributed by atoms with van der Waals surface area (Å²) in [4.78, 5) is 11.4. The molecule has 0 spiro atoms. The summed E-state index contributed by atoms with van der Waals surface area (Å²) in [5.41, 5.74) is 5.79. The van der Waals surface area contributed by atoms with E-state index in [2.05, 4.69) is 42.6 Å². The number of benzene rings is 2. The number of amides is 1. The fraction of sp³-hybridized carbons (Fsp3) is 0.278. The van der Waals surface area contributed by atoms with Gasteiger partial charge >= 0.3 is 0 Å². The minimum atomic E-state index is -0.0852. The van der Waals surface area contributed by atoms with Gasteiger partial charge in [0.1, 0.15) is 5.75 Å². The lowest BCUT2D eigenvalue weighted by Gasteiger charge is -2.21. The number of hydrogen-bond donors (Lipinski definition) is 1. The van der Waals surface area contributed by atoms with E-state index < -0.39 is 0 Å². The van der Waals surface area contributed by atoms with Gasteiger partial charge in [-0.2, -0.15) is 0 Å². The minimum Gasteiger partial charge on any atom is -0.481 e. The number of aryl methyl sites for hydroxylation is 4. The van der Waals surface area contributed by atoms with E-state index in [0.717, 1.165) is 29.8 Å². The minimum absolute atomic E-state index is 0.0852. The number of fused-ring (bicyclic) bond motifs is 1. The van der Waals surface area contributed by atoms with Gasteiger partial charge in [0.25, 0.3) is 5.91 Å². The molecule has 0 atom stereocenters. The van der Waals surface area contributed by atoms with E-state index in [1.807, 2.05) is 13.0 Å². The second-order valence-electron chi connectivity index (χ2n) is 5.55. The first-order valence-electron chi connectivity index (χ1n) is 7.24. The van der Waals surface area contributed by atoms with Gasteiger partial charge in [-0.05, 0) is 55.0 Å². The molecule has 0 bridgehead atoms. The summed E-state index contributed by atoms with van der Waals surface area (Å²) in [6, 6.07) is 12.6. The highest BCUT2D eigenvalue weighted by Crippen LogP contribution is 2.33. The second-order valence-corrected chi connectivity index (χ2v) is 5.55. The summed E-state index contributed by atoms with van der Waals surface area (Å²) >= 11 is 0. The Morgan fingerprint density at radius 3 is 2.71 bits per heavy atom. The van der Waals surface area contributed by atoms with Crippen LogP contribution in [0.25, 0.3) is 0 Å². The zero-order valence-corrected chi connectivity index (χ0v) is 12.4. The van der Waals surface area contributed by atoms with Crippen molar-refractivity contribution in [2.24, 2.45) is 0 Å². The normalized spacial score (nSPS) is 13.3. The van der Waals surface area contributed by atoms with Crippen LogP contribution in [-0.4, -0.2) is 12.5 Å². The predicted molar refractivity (Wildman–Crippen MR) is 83.9 cm³/mol. The van der Waals surface area contributed by atoms with Crippen molar-refractivity contribution in [3.63, 3.8) is 0 Å². The third kappa shape index (κ3) is 2.92. The molecule has 0 saturated carbocycles. The van der Waals surface area contributed by atoms with Crippen LogP contribution in [0, 0.1) is 13.8 Å². The topological polar surface area (TPSA) is 38.3 Å². The first-order chi connectivity index (χ1) is 10.1. The van der Waals surface area contributed by atoms with E-state index in [9.17, 15) is 4.79 Å². The van der Waals surface area contributed by atoms with Gasteiger partial charge in [0.05, 0.1) is 5.69 Å². The third-order valence-electron chi connectivity index (χ3n) is 3.90. The molecule has 1 amide bonds. The molecule has 3 rings (SSSR count). The van der Waals surface area contributed by atoms with Crippen molar-refractivity contribution >= 4 is 11.6 Å². The molecular formula is C18H19NO2. The number of ether oxygens (including phenoxy) is 1. The maximum Gasteiger partial charge on any atom is 0.262 e. The number of carbonyl (C=O) groups is 1. The van der Waals surface area contributed by atoms with E-state index in [1.165, 1.54) is 16.7 Å². The number of hydrogen-bond acceptors (Lipinski definition) is 2. The summed E-state index contributed by atoms with van der Waals surface area (Å²) in [5, 5.41) is 2.89. The van der Waals surface area contributed by atoms with Gasteiger partial charge in [-0.3, -0.25) is 4.79 Å². The lowest BCUT2D eigenvalue weighted by atomic mass is 9.98. The van der Waals surface area contributed by atoms with Gasteiger partial charge in [-0.1, -0.05) is 30.3 Å². The Bertz CT molecular complexity index is 692.